The summed E-state index contributed by atoms with van der Waals surface area (Å²) in [5.74, 6) is -0.371. The lowest BCUT2D eigenvalue weighted by molar-refractivity contribution is -0.142. The van der Waals surface area contributed by atoms with Crippen LogP contribution in [-0.4, -0.2) is 82.5 Å². The molecule has 0 aromatic heterocycles. The zero-order valence-corrected chi connectivity index (χ0v) is 19.8. The molecule has 2 heterocycles. The highest BCUT2D eigenvalue weighted by Crippen LogP contribution is 2.35. The molecule has 0 bridgehead atoms. The fourth-order valence-electron chi connectivity index (χ4n) is 3.73. The van der Waals surface area contributed by atoms with Crippen LogP contribution in [0.25, 0.3) is 0 Å². The lowest BCUT2D eigenvalue weighted by Crippen LogP contribution is -2.54. The smallest absolute Gasteiger partial charge is 0.265 e. The number of sulfonamides is 1. The van der Waals surface area contributed by atoms with Gasteiger partial charge in [-0.2, -0.15) is 0 Å². The highest BCUT2D eigenvalue weighted by atomic mass is 35.5. The Balaban J connectivity index is 1.70. The van der Waals surface area contributed by atoms with Gasteiger partial charge in [-0.05, 0) is 30.3 Å². The molecule has 2 aliphatic heterocycles. The molecule has 33 heavy (non-hydrogen) atoms. The van der Waals surface area contributed by atoms with Crippen molar-refractivity contribution in [3.05, 3.63) is 53.1 Å². The number of rotatable bonds is 4. The second kappa shape index (κ2) is 9.30. The quantitative estimate of drug-likeness (QED) is 0.645. The summed E-state index contributed by atoms with van der Waals surface area (Å²) in [6.07, 6.45) is -0.908. The summed E-state index contributed by atoms with van der Waals surface area (Å²) < 4.78 is 37.5. The lowest BCUT2D eigenvalue weighted by atomic mass is 10.1. The molecule has 0 aliphatic carbocycles. The molecule has 0 saturated carbocycles. The molecule has 2 aromatic rings. The number of hydrogen-bond acceptors (Lipinski definition) is 6. The molecule has 1 atom stereocenters. The number of benzene rings is 2. The van der Waals surface area contributed by atoms with Crippen LogP contribution in [0.3, 0.4) is 0 Å². The number of ether oxygens (including phenoxy) is 2. The first kappa shape index (κ1) is 23.5. The zero-order chi connectivity index (χ0) is 23.8. The maximum atomic E-state index is 13.6. The molecular weight excluding hydrogens is 470 g/mol. The highest BCUT2D eigenvalue weighted by Gasteiger charge is 2.37. The number of amides is 2. The number of carbonyl (C=O) groups excluding carboxylic acids is 2. The Morgan fingerprint density at radius 3 is 2.48 bits per heavy atom. The topological polar surface area (TPSA) is 96.5 Å². The van der Waals surface area contributed by atoms with Crippen molar-refractivity contribution >= 4 is 39.1 Å². The molecule has 2 amide bonds. The van der Waals surface area contributed by atoms with Crippen LogP contribution in [0.5, 0.6) is 5.75 Å². The number of para-hydroxylation sites is 2. The molecule has 2 aromatic carbocycles. The van der Waals surface area contributed by atoms with Crippen molar-refractivity contribution in [2.45, 2.75) is 11.0 Å². The van der Waals surface area contributed by atoms with E-state index in [-0.39, 0.29) is 27.9 Å². The third-order valence-electron chi connectivity index (χ3n) is 5.56. The van der Waals surface area contributed by atoms with Gasteiger partial charge >= 0.3 is 0 Å². The predicted octanol–water partition coefficient (Wildman–Crippen LogP) is 1.86. The summed E-state index contributed by atoms with van der Waals surface area (Å²) in [5, 5.41) is 0.109. The van der Waals surface area contributed by atoms with E-state index in [2.05, 4.69) is 0 Å². The van der Waals surface area contributed by atoms with Gasteiger partial charge in [-0.1, -0.05) is 23.7 Å². The van der Waals surface area contributed by atoms with Gasteiger partial charge in [0.2, 0.25) is 10.0 Å². The largest absolute Gasteiger partial charge is 0.476 e. The molecule has 11 heteroatoms. The van der Waals surface area contributed by atoms with Crippen molar-refractivity contribution in [2.24, 2.45) is 0 Å². The van der Waals surface area contributed by atoms with Crippen LogP contribution < -0.4 is 9.64 Å². The molecule has 0 radical (unpaired) electrons. The van der Waals surface area contributed by atoms with Crippen molar-refractivity contribution in [1.29, 1.82) is 0 Å². The maximum absolute atomic E-state index is 13.6. The minimum Gasteiger partial charge on any atom is -0.476 e. The first-order chi connectivity index (χ1) is 15.7. The van der Waals surface area contributed by atoms with Crippen LogP contribution in [0.15, 0.2) is 47.4 Å². The average molecular weight is 494 g/mol. The highest BCUT2D eigenvalue weighted by molar-refractivity contribution is 7.89. The van der Waals surface area contributed by atoms with Gasteiger partial charge in [0.25, 0.3) is 11.8 Å². The number of anilines is 1. The number of fused-ring (bicyclic) bond motifs is 1. The zero-order valence-electron chi connectivity index (χ0n) is 18.2. The van der Waals surface area contributed by atoms with Gasteiger partial charge in [0.1, 0.15) is 5.75 Å². The predicted molar refractivity (Wildman–Crippen MR) is 122 cm³/mol. The second-order valence-electron chi connectivity index (χ2n) is 7.86. The number of morpholine rings is 1. The van der Waals surface area contributed by atoms with E-state index in [4.69, 9.17) is 21.1 Å². The Bertz CT molecular complexity index is 1180. The summed E-state index contributed by atoms with van der Waals surface area (Å²) >= 11 is 6.31. The summed E-state index contributed by atoms with van der Waals surface area (Å²) in [7, 11) is -0.957. The van der Waals surface area contributed by atoms with E-state index in [1.807, 2.05) is 0 Å². The first-order valence-electron chi connectivity index (χ1n) is 10.4. The van der Waals surface area contributed by atoms with E-state index in [1.54, 1.807) is 29.2 Å². The van der Waals surface area contributed by atoms with Crippen LogP contribution in [0.1, 0.15) is 10.4 Å². The lowest BCUT2D eigenvalue weighted by Gasteiger charge is -2.37. The SMILES string of the molecule is CN(C)S(=O)(=O)c1ccc(Cl)c(C(=O)N2CC(C(=O)N3CCOCC3)Oc3ccccc32)c1. The minimum atomic E-state index is -3.77. The van der Waals surface area contributed by atoms with E-state index in [9.17, 15) is 18.0 Å². The molecule has 4 rings (SSSR count). The van der Waals surface area contributed by atoms with E-state index in [1.165, 1.54) is 37.2 Å². The van der Waals surface area contributed by atoms with Gasteiger partial charge in [-0.3, -0.25) is 9.59 Å². The molecule has 2 aliphatic rings. The Labute approximate surface area is 197 Å². The van der Waals surface area contributed by atoms with E-state index in [0.717, 1.165) is 4.31 Å². The first-order valence-corrected chi connectivity index (χ1v) is 12.2. The summed E-state index contributed by atoms with van der Waals surface area (Å²) in [6.45, 7) is 1.75. The van der Waals surface area contributed by atoms with Gasteiger partial charge in [0.15, 0.2) is 6.10 Å². The Kier molecular flexibility index (Phi) is 6.62. The molecule has 1 saturated heterocycles. The minimum absolute atomic E-state index is 0.0221. The third-order valence-corrected chi connectivity index (χ3v) is 7.70. The monoisotopic (exact) mass is 493 g/mol. The van der Waals surface area contributed by atoms with Crippen LogP contribution in [0.2, 0.25) is 5.02 Å². The molecule has 1 unspecified atom stereocenters. The van der Waals surface area contributed by atoms with E-state index < -0.39 is 22.0 Å². The van der Waals surface area contributed by atoms with E-state index >= 15 is 0 Å². The van der Waals surface area contributed by atoms with Gasteiger partial charge in [-0.15, -0.1) is 0 Å². The second-order valence-corrected chi connectivity index (χ2v) is 10.4. The fourth-order valence-corrected chi connectivity index (χ4v) is 4.85. The molecule has 0 N–H and O–H groups in total. The van der Waals surface area contributed by atoms with Gasteiger partial charge in [0.05, 0.1) is 40.9 Å². The Morgan fingerprint density at radius 2 is 1.79 bits per heavy atom. The van der Waals surface area contributed by atoms with E-state index in [0.29, 0.717) is 37.7 Å². The van der Waals surface area contributed by atoms with Crippen molar-refractivity contribution in [3.63, 3.8) is 0 Å². The molecule has 1 fully saturated rings. The standard InChI is InChI=1S/C22H24ClN3O6S/c1-24(2)33(29,30)15-7-8-17(23)16(13-15)21(27)26-14-20(22(28)25-9-11-31-12-10-25)32-19-6-4-3-5-18(19)26/h3-8,13,20H,9-12,14H2,1-2H3. The Hall–Kier alpha value is -2.66. The molecule has 9 nitrogen and oxygen atoms in total. The van der Waals surface area contributed by atoms with Crippen LogP contribution in [0.4, 0.5) is 5.69 Å². The summed E-state index contributed by atoms with van der Waals surface area (Å²) in [5.41, 5.74) is 0.499. The Morgan fingerprint density at radius 1 is 1.09 bits per heavy atom. The van der Waals surface area contributed by atoms with Crippen molar-refractivity contribution in [2.75, 3.05) is 51.8 Å². The number of carbonyl (C=O) groups is 2. The van der Waals surface area contributed by atoms with Crippen LogP contribution >= 0.6 is 11.6 Å². The summed E-state index contributed by atoms with van der Waals surface area (Å²) in [4.78, 5) is 29.7. The van der Waals surface area contributed by atoms with Gasteiger partial charge in [-0.25, -0.2) is 12.7 Å². The number of halogens is 1. The van der Waals surface area contributed by atoms with Crippen LogP contribution in [0, 0.1) is 0 Å². The fraction of sp³-hybridized carbons (Fsp3) is 0.364. The third kappa shape index (κ3) is 4.56. The summed E-state index contributed by atoms with van der Waals surface area (Å²) in [6, 6.07) is 10.9. The van der Waals surface area contributed by atoms with Gasteiger partial charge in [0, 0.05) is 27.2 Å². The number of nitrogens with zero attached hydrogens (tertiary/aromatic N) is 3. The average Bonchev–Trinajstić information content (AvgIpc) is 2.83. The van der Waals surface area contributed by atoms with Crippen LogP contribution in [-0.2, 0) is 19.6 Å². The van der Waals surface area contributed by atoms with Gasteiger partial charge < -0.3 is 19.3 Å². The number of hydrogen-bond donors (Lipinski definition) is 0. The maximum Gasteiger partial charge on any atom is 0.265 e. The molecular formula is C22H24ClN3O6S. The normalized spacial score (nSPS) is 18.6. The molecule has 176 valence electrons. The van der Waals surface area contributed by atoms with Crippen molar-refractivity contribution in [3.8, 4) is 5.75 Å². The molecule has 0 spiro atoms. The van der Waals surface area contributed by atoms with Crippen molar-refractivity contribution in [1.82, 2.24) is 9.21 Å². The van der Waals surface area contributed by atoms with Crippen molar-refractivity contribution < 1.29 is 27.5 Å².